The van der Waals surface area contributed by atoms with Crippen molar-refractivity contribution in [2.24, 2.45) is 0 Å². The van der Waals surface area contributed by atoms with E-state index in [0.29, 0.717) is 16.1 Å². The molecule has 0 fully saturated rings. The summed E-state index contributed by atoms with van der Waals surface area (Å²) in [5.74, 6) is -0.776. The number of nitriles is 1. The van der Waals surface area contributed by atoms with Crippen LogP contribution in [0.3, 0.4) is 0 Å². The standard InChI is InChI=1S/C23H20ClN3O2/c1-3-5-17(4-2)22(18-10-12-20(24)13-11-18)27-21(28)15-26-23(29)19-8-6-16(14-25)7-9-19/h3-13,22H,1-2,15H2,(H,26,29)(H,27,28)/b17-5+. The summed E-state index contributed by atoms with van der Waals surface area (Å²) in [6.45, 7) is 7.27. The number of rotatable bonds is 8. The van der Waals surface area contributed by atoms with E-state index in [9.17, 15) is 9.59 Å². The maximum absolute atomic E-state index is 12.5. The van der Waals surface area contributed by atoms with Crippen molar-refractivity contribution in [2.75, 3.05) is 6.54 Å². The second-order valence-electron chi connectivity index (χ2n) is 6.03. The topological polar surface area (TPSA) is 82.0 Å². The van der Waals surface area contributed by atoms with Crippen LogP contribution in [-0.4, -0.2) is 18.4 Å². The van der Waals surface area contributed by atoms with Crippen molar-refractivity contribution in [3.05, 3.63) is 107 Å². The monoisotopic (exact) mass is 405 g/mol. The minimum absolute atomic E-state index is 0.207. The van der Waals surface area contributed by atoms with Crippen LogP contribution in [0.25, 0.3) is 0 Å². The summed E-state index contributed by atoms with van der Waals surface area (Å²) in [4.78, 5) is 24.7. The maximum atomic E-state index is 12.5. The molecule has 0 radical (unpaired) electrons. The zero-order valence-corrected chi connectivity index (χ0v) is 16.4. The number of benzene rings is 2. The summed E-state index contributed by atoms with van der Waals surface area (Å²) < 4.78 is 0. The molecular weight excluding hydrogens is 386 g/mol. The van der Waals surface area contributed by atoms with E-state index in [4.69, 9.17) is 16.9 Å². The van der Waals surface area contributed by atoms with Gasteiger partial charge in [-0.05, 0) is 47.5 Å². The summed E-state index contributed by atoms with van der Waals surface area (Å²) in [5, 5.41) is 14.9. The number of carbonyl (C=O) groups is 2. The van der Waals surface area contributed by atoms with Crippen molar-refractivity contribution in [1.82, 2.24) is 10.6 Å². The first kappa shape index (κ1) is 21.7. The Hall–Kier alpha value is -3.62. The average molecular weight is 406 g/mol. The molecule has 0 aliphatic rings. The van der Waals surface area contributed by atoms with Gasteiger partial charge in [0, 0.05) is 10.6 Å². The smallest absolute Gasteiger partial charge is 0.251 e. The highest BCUT2D eigenvalue weighted by Crippen LogP contribution is 2.24. The third kappa shape index (κ3) is 6.20. The highest BCUT2D eigenvalue weighted by molar-refractivity contribution is 6.30. The lowest BCUT2D eigenvalue weighted by Gasteiger charge is -2.21. The fourth-order valence-electron chi connectivity index (χ4n) is 2.60. The molecule has 2 N–H and O–H groups in total. The number of nitrogens with zero attached hydrogens (tertiary/aromatic N) is 1. The molecule has 0 heterocycles. The van der Waals surface area contributed by atoms with E-state index in [1.54, 1.807) is 42.5 Å². The van der Waals surface area contributed by atoms with Crippen LogP contribution in [0, 0.1) is 11.3 Å². The van der Waals surface area contributed by atoms with Gasteiger partial charge < -0.3 is 10.6 Å². The molecule has 2 rings (SSSR count). The van der Waals surface area contributed by atoms with E-state index < -0.39 is 11.9 Å². The molecule has 2 aromatic carbocycles. The zero-order valence-electron chi connectivity index (χ0n) is 15.7. The number of carbonyl (C=O) groups excluding carboxylic acids is 2. The predicted molar refractivity (Wildman–Crippen MR) is 114 cm³/mol. The van der Waals surface area contributed by atoms with E-state index in [0.717, 1.165) is 11.1 Å². The van der Waals surface area contributed by atoms with Gasteiger partial charge in [-0.1, -0.05) is 55.1 Å². The third-order valence-electron chi connectivity index (χ3n) is 4.07. The normalized spacial score (nSPS) is 11.7. The second-order valence-corrected chi connectivity index (χ2v) is 6.47. The van der Waals surface area contributed by atoms with Crippen molar-refractivity contribution in [3.8, 4) is 6.07 Å². The van der Waals surface area contributed by atoms with Crippen LogP contribution in [0.5, 0.6) is 0 Å². The minimum atomic E-state index is -0.470. The molecule has 1 atom stereocenters. The Morgan fingerprint density at radius 1 is 1.10 bits per heavy atom. The van der Waals surface area contributed by atoms with E-state index >= 15 is 0 Å². The molecule has 2 aromatic rings. The third-order valence-corrected chi connectivity index (χ3v) is 4.33. The van der Waals surface area contributed by atoms with E-state index in [1.165, 1.54) is 12.1 Å². The molecule has 146 valence electrons. The summed E-state index contributed by atoms with van der Waals surface area (Å²) in [7, 11) is 0. The Kier molecular flexibility index (Phi) is 7.96. The Balaban J connectivity index is 2.08. The van der Waals surface area contributed by atoms with Crippen LogP contribution in [0.15, 0.2) is 85.5 Å². The van der Waals surface area contributed by atoms with Gasteiger partial charge in [-0.25, -0.2) is 0 Å². The van der Waals surface area contributed by atoms with Gasteiger partial charge in [0.15, 0.2) is 0 Å². The highest BCUT2D eigenvalue weighted by atomic mass is 35.5. The number of nitrogens with one attached hydrogen (secondary N) is 2. The van der Waals surface area contributed by atoms with Crippen LogP contribution in [0.4, 0.5) is 0 Å². The molecule has 29 heavy (non-hydrogen) atoms. The van der Waals surface area contributed by atoms with Crippen LogP contribution >= 0.6 is 11.6 Å². The second kappa shape index (κ2) is 10.6. The molecule has 0 spiro atoms. The van der Waals surface area contributed by atoms with Crippen LogP contribution < -0.4 is 10.6 Å². The number of hydrogen-bond acceptors (Lipinski definition) is 3. The summed E-state index contributed by atoms with van der Waals surface area (Å²) in [6.07, 6.45) is 5.00. The SMILES string of the molecule is C=C/C=C(\C=C)C(NC(=O)CNC(=O)c1ccc(C#N)cc1)c1ccc(Cl)cc1. The Labute approximate surface area is 175 Å². The molecule has 1 unspecified atom stereocenters. The quantitative estimate of drug-likeness (QED) is 0.649. The first-order valence-electron chi connectivity index (χ1n) is 8.76. The lowest BCUT2D eigenvalue weighted by Crippen LogP contribution is -2.39. The minimum Gasteiger partial charge on any atom is -0.344 e. The van der Waals surface area contributed by atoms with Gasteiger partial charge >= 0.3 is 0 Å². The van der Waals surface area contributed by atoms with Crippen LogP contribution in [-0.2, 0) is 4.79 Å². The molecule has 0 aliphatic heterocycles. The first-order valence-corrected chi connectivity index (χ1v) is 9.14. The van der Waals surface area contributed by atoms with Gasteiger partial charge in [0.05, 0.1) is 24.2 Å². The van der Waals surface area contributed by atoms with Crippen molar-refractivity contribution < 1.29 is 9.59 Å². The Bertz CT molecular complexity index is 971. The van der Waals surface area contributed by atoms with Gasteiger partial charge in [-0.15, -0.1) is 0 Å². The Morgan fingerprint density at radius 3 is 2.31 bits per heavy atom. The fourth-order valence-corrected chi connectivity index (χ4v) is 2.73. The van der Waals surface area contributed by atoms with Crippen molar-refractivity contribution in [2.45, 2.75) is 6.04 Å². The van der Waals surface area contributed by atoms with Gasteiger partial charge in [-0.2, -0.15) is 5.26 Å². The van der Waals surface area contributed by atoms with Crippen molar-refractivity contribution in [3.63, 3.8) is 0 Å². The van der Waals surface area contributed by atoms with E-state index in [2.05, 4.69) is 23.8 Å². The van der Waals surface area contributed by atoms with E-state index in [1.807, 2.05) is 18.2 Å². The summed E-state index contributed by atoms with van der Waals surface area (Å²) >= 11 is 5.95. The van der Waals surface area contributed by atoms with Crippen molar-refractivity contribution in [1.29, 1.82) is 5.26 Å². The maximum Gasteiger partial charge on any atom is 0.251 e. The zero-order chi connectivity index (χ0) is 21.2. The van der Waals surface area contributed by atoms with Gasteiger partial charge in [0.1, 0.15) is 0 Å². The number of halogens is 1. The number of amides is 2. The molecule has 0 aromatic heterocycles. The molecule has 6 heteroatoms. The van der Waals surface area contributed by atoms with Crippen LogP contribution in [0.2, 0.25) is 5.02 Å². The summed E-state index contributed by atoms with van der Waals surface area (Å²) in [6, 6.07) is 14.8. The molecular formula is C23H20ClN3O2. The predicted octanol–water partition coefficient (Wildman–Crippen LogP) is 4.10. The molecule has 5 nitrogen and oxygen atoms in total. The van der Waals surface area contributed by atoms with E-state index in [-0.39, 0.29) is 12.5 Å². The highest BCUT2D eigenvalue weighted by Gasteiger charge is 2.18. The molecule has 0 saturated heterocycles. The lowest BCUT2D eigenvalue weighted by atomic mass is 9.98. The van der Waals surface area contributed by atoms with Crippen LogP contribution in [0.1, 0.15) is 27.5 Å². The molecule has 0 saturated carbocycles. The lowest BCUT2D eigenvalue weighted by molar-refractivity contribution is -0.120. The molecule has 0 aliphatic carbocycles. The summed E-state index contributed by atoms with van der Waals surface area (Å²) in [5.41, 5.74) is 2.38. The average Bonchev–Trinajstić information content (AvgIpc) is 2.75. The van der Waals surface area contributed by atoms with Gasteiger partial charge in [0.2, 0.25) is 5.91 Å². The molecule has 2 amide bonds. The number of hydrogen-bond donors (Lipinski definition) is 2. The van der Waals surface area contributed by atoms with Crippen molar-refractivity contribution >= 4 is 23.4 Å². The Morgan fingerprint density at radius 2 is 1.76 bits per heavy atom. The largest absolute Gasteiger partial charge is 0.344 e. The number of allylic oxidation sites excluding steroid dienone is 2. The molecule has 0 bridgehead atoms. The van der Waals surface area contributed by atoms with Gasteiger partial charge in [-0.3, -0.25) is 9.59 Å². The fraction of sp³-hybridized carbons (Fsp3) is 0.0870. The first-order chi connectivity index (χ1) is 14.0. The van der Waals surface area contributed by atoms with Gasteiger partial charge in [0.25, 0.3) is 5.91 Å².